The molecule has 31 heavy (non-hydrogen) atoms. The van der Waals surface area contributed by atoms with Crippen molar-refractivity contribution in [2.24, 2.45) is 0 Å². The number of hydrogen-bond donors (Lipinski definition) is 1. The number of amides is 1. The van der Waals surface area contributed by atoms with Crippen LogP contribution >= 0.6 is 0 Å². The number of ether oxygens (including phenoxy) is 1. The first kappa shape index (κ1) is 22.3. The molecule has 6 nitrogen and oxygen atoms in total. The first-order chi connectivity index (χ1) is 14.7. The van der Waals surface area contributed by atoms with Crippen LogP contribution in [0.2, 0.25) is 0 Å². The predicted octanol–water partition coefficient (Wildman–Crippen LogP) is 4.29. The van der Waals surface area contributed by atoms with E-state index in [9.17, 15) is 17.6 Å². The van der Waals surface area contributed by atoms with E-state index in [0.29, 0.717) is 17.1 Å². The number of sulfonamides is 1. The van der Waals surface area contributed by atoms with Crippen LogP contribution in [0.15, 0.2) is 71.6 Å². The minimum atomic E-state index is -3.69. The fraction of sp³-hybridized carbons (Fsp3) is 0.174. The normalized spacial score (nSPS) is 11.1. The highest BCUT2D eigenvalue weighted by molar-refractivity contribution is 7.92. The fourth-order valence-corrected chi connectivity index (χ4v) is 4.02. The maximum Gasteiger partial charge on any atom is 0.264 e. The Balaban J connectivity index is 1.62. The van der Waals surface area contributed by atoms with Crippen LogP contribution in [0, 0.1) is 19.7 Å². The van der Waals surface area contributed by atoms with Crippen LogP contribution in [-0.2, 0) is 14.8 Å². The predicted molar refractivity (Wildman–Crippen MR) is 118 cm³/mol. The number of carbonyl (C=O) groups is 1. The Morgan fingerprint density at radius 1 is 1.00 bits per heavy atom. The Morgan fingerprint density at radius 3 is 2.29 bits per heavy atom. The number of carbonyl (C=O) groups excluding carboxylic acids is 1. The number of halogens is 1. The molecular formula is C23H23FN2O4S. The smallest absolute Gasteiger partial charge is 0.264 e. The standard InChI is InChI=1S/C23H23FN2O4S/c1-16-4-12-21(13-5-16)31(28,29)26(3)19-8-10-20(11-9-19)30-15-23(27)25-22-14-18(24)7-6-17(22)2/h4-14H,15H2,1-3H3,(H,25,27). The first-order valence-electron chi connectivity index (χ1n) is 9.51. The van der Waals surface area contributed by atoms with Crippen molar-refractivity contribution in [2.75, 3.05) is 23.3 Å². The van der Waals surface area contributed by atoms with Gasteiger partial charge in [-0.1, -0.05) is 23.8 Å². The van der Waals surface area contributed by atoms with E-state index in [1.165, 1.54) is 23.5 Å². The summed E-state index contributed by atoms with van der Waals surface area (Å²) in [5, 5.41) is 2.60. The summed E-state index contributed by atoms with van der Waals surface area (Å²) < 4.78 is 45.5. The molecule has 1 N–H and O–H groups in total. The summed E-state index contributed by atoms with van der Waals surface area (Å²) in [7, 11) is -2.22. The number of anilines is 2. The van der Waals surface area contributed by atoms with Gasteiger partial charge < -0.3 is 10.1 Å². The van der Waals surface area contributed by atoms with Crippen LogP contribution in [0.1, 0.15) is 11.1 Å². The zero-order valence-corrected chi connectivity index (χ0v) is 18.2. The molecule has 1 amide bonds. The molecule has 0 unspecified atom stereocenters. The Hall–Kier alpha value is -3.39. The van der Waals surface area contributed by atoms with E-state index in [-0.39, 0.29) is 11.5 Å². The molecule has 3 aromatic rings. The number of hydrogen-bond acceptors (Lipinski definition) is 4. The van der Waals surface area contributed by atoms with Gasteiger partial charge in [0.05, 0.1) is 10.6 Å². The Labute approximate surface area is 181 Å². The second-order valence-electron chi connectivity index (χ2n) is 7.08. The molecule has 3 rings (SSSR count). The van der Waals surface area contributed by atoms with E-state index in [2.05, 4.69) is 5.32 Å². The van der Waals surface area contributed by atoms with Crippen molar-refractivity contribution in [3.63, 3.8) is 0 Å². The molecule has 162 valence electrons. The third-order valence-electron chi connectivity index (χ3n) is 4.72. The average Bonchev–Trinajstić information content (AvgIpc) is 2.75. The molecule has 0 spiro atoms. The van der Waals surface area contributed by atoms with Crippen LogP contribution in [0.3, 0.4) is 0 Å². The summed E-state index contributed by atoms with van der Waals surface area (Å²) in [4.78, 5) is 12.3. The highest BCUT2D eigenvalue weighted by atomic mass is 32.2. The quantitative estimate of drug-likeness (QED) is 0.592. The molecule has 0 aliphatic rings. The topological polar surface area (TPSA) is 75.7 Å². The molecule has 0 saturated carbocycles. The van der Waals surface area contributed by atoms with Crippen molar-refractivity contribution in [3.05, 3.63) is 83.7 Å². The van der Waals surface area contributed by atoms with Gasteiger partial charge in [-0.3, -0.25) is 9.10 Å². The number of aryl methyl sites for hydroxylation is 2. The van der Waals surface area contributed by atoms with Gasteiger partial charge in [-0.05, 0) is 67.9 Å². The van der Waals surface area contributed by atoms with Gasteiger partial charge >= 0.3 is 0 Å². The summed E-state index contributed by atoms with van der Waals surface area (Å²) in [6, 6.07) is 17.1. The largest absolute Gasteiger partial charge is 0.484 e. The molecule has 0 atom stereocenters. The molecule has 3 aromatic carbocycles. The van der Waals surface area contributed by atoms with Gasteiger partial charge in [0.25, 0.3) is 15.9 Å². The van der Waals surface area contributed by atoms with E-state index in [1.54, 1.807) is 61.5 Å². The summed E-state index contributed by atoms with van der Waals surface area (Å²) >= 11 is 0. The molecule has 8 heteroatoms. The lowest BCUT2D eigenvalue weighted by Gasteiger charge is -2.20. The SMILES string of the molecule is Cc1ccc(S(=O)(=O)N(C)c2ccc(OCC(=O)Nc3cc(F)ccc3C)cc2)cc1. The second-order valence-corrected chi connectivity index (χ2v) is 9.04. The molecule has 0 aliphatic heterocycles. The lowest BCUT2D eigenvalue weighted by Crippen LogP contribution is -2.26. The molecule has 0 saturated heterocycles. The van der Waals surface area contributed by atoms with Crippen molar-refractivity contribution < 1.29 is 22.3 Å². The Kier molecular flexibility index (Phi) is 6.60. The van der Waals surface area contributed by atoms with Gasteiger partial charge in [-0.2, -0.15) is 0 Å². The monoisotopic (exact) mass is 442 g/mol. The van der Waals surface area contributed by atoms with E-state index >= 15 is 0 Å². The van der Waals surface area contributed by atoms with E-state index < -0.39 is 21.7 Å². The third-order valence-corrected chi connectivity index (χ3v) is 6.52. The van der Waals surface area contributed by atoms with Crippen molar-refractivity contribution in [1.82, 2.24) is 0 Å². The number of rotatable bonds is 7. The highest BCUT2D eigenvalue weighted by Crippen LogP contribution is 2.24. The van der Waals surface area contributed by atoms with Crippen molar-refractivity contribution >= 4 is 27.3 Å². The molecular weight excluding hydrogens is 419 g/mol. The van der Waals surface area contributed by atoms with Crippen LogP contribution in [0.5, 0.6) is 5.75 Å². The van der Waals surface area contributed by atoms with Crippen molar-refractivity contribution in [1.29, 1.82) is 0 Å². The van der Waals surface area contributed by atoms with Gasteiger partial charge in [0, 0.05) is 12.7 Å². The van der Waals surface area contributed by atoms with Gasteiger partial charge in [-0.15, -0.1) is 0 Å². The Bertz CT molecular complexity index is 1180. The summed E-state index contributed by atoms with van der Waals surface area (Å²) in [5.74, 6) is -0.477. The van der Waals surface area contributed by atoms with Crippen LogP contribution in [-0.4, -0.2) is 28.0 Å². The van der Waals surface area contributed by atoms with Gasteiger partial charge in [0.15, 0.2) is 6.61 Å². The zero-order valence-electron chi connectivity index (χ0n) is 17.4. The van der Waals surface area contributed by atoms with E-state index in [0.717, 1.165) is 11.1 Å². The highest BCUT2D eigenvalue weighted by Gasteiger charge is 2.21. The summed E-state index contributed by atoms with van der Waals surface area (Å²) in [6.07, 6.45) is 0. The molecule has 0 fully saturated rings. The molecule has 0 bridgehead atoms. The molecule has 0 aromatic heterocycles. The van der Waals surface area contributed by atoms with Crippen LogP contribution in [0.25, 0.3) is 0 Å². The van der Waals surface area contributed by atoms with Gasteiger partial charge in [-0.25, -0.2) is 12.8 Å². The van der Waals surface area contributed by atoms with Gasteiger partial charge in [0.1, 0.15) is 11.6 Å². The minimum Gasteiger partial charge on any atom is -0.484 e. The molecule has 0 aliphatic carbocycles. The molecule has 0 radical (unpaired) electrons. The lowest BCUT2D eigenvalue weighted by molar-refractivity contribution is -0.118. The zero-order chi connectivity index (χ0) is 22.6. The number of nitrogens with one attached hydrogen (secondary N) is 1. The van der Waals surface area contributed by atoms with E-state index in [1.807, 2.05) is 6.92 Å². The second kappa shape index (κ2) is 9.18. The van der Waals surface area contributed by atoms with Crippen molar-refractivity contribution in [3.8, 4) is 5.75 Å². The summed E-state index contributed by atoms with van der Waals surface area (Å²) in [6.45, 7) is 3.38. The maximum absolute atomic E-state index is 13.3. The number of nitrogens with zero attached hydrogens (tertiary/aromatic N) is 1. The van der Waals surface area contributed by atoms with Gasteiger partial charge in [0.2, 0.25) is 0 Å². The average molecular weight is 443 g/mol. The lowest BCUT2D eigenvalue weighted by atomic mass is 10.2. The Morgan fingerprint density at radius 2 is 1.65 bits per heavy atom. The summed E-state index contributed by atoms with van der Waals surface area (Å²) in [5.41, 5.74) is 2.54. The van der Waals surface area contributed by atoms with Crippen LogP contribution < -0.4 is 14.4 Å². The van der Waals surface area contributed by atoms with Crippen molar-refractivity contribution in [2.45, 2.75) is 18.7 Å². The molecule has 0 heterocycles. The first-order valence-corrected chi connectivity index (χ1v) is 11.0. The van der Waals surface area contributed by atoms with Crippen LogP contribution in [0.4, 0.5) is 15.8 Å². The minimum absolute atomic E-state index is 0.199. The van der Waals surface area contributed by atoms with E-state index in [4.69, 9.17) is 4.74 Å². The number of benzene rings is 3. The fourth-order valence-electron chi connectivity index (χ4n) is 2.82. The maximum atomic E-state index is 13.3. The third kappa shape index (κ3) is 5.40.